The Morgan fingerprint density at radius 1 is 1.20 bits per heavy atom. The van der Waals surface area contributed by atoms with E-state index < -0.39 is 10.8 Å². The van der Waals surface area contributed by atoms with Crippen molar-refractivity contribution in [3.63, 3.8) is 0 Å². The minimum Gasteiger partial charge on any atom is -0.403 e. The van der Waals surface area contributed by atoms with Crippen LogP contribution in [0.2, 0.25) is 0 Å². The summed E-state index contributed by atoms with van der Waals surface area (Å²) in [4.78, 5) is 23.4. The van der Waals surface area contributed by atoms with Crippen LogP contribution < -0.4 is 5.32 Å². The molecule has 0 saturated carbocycles. The van der Waals surface area contributed by atoms with Crippen molar-refractivity contribution >= 4 is 29.4 Å². The maximum atomic E-state index is 12.2. The standard InChI is InChI=1S/C16H12N4O4S/c1-25-13-7-3-5-11(9-13)15-18-19-16(24-15)17-14(21)10-4-2-6-12(8-10)20(22)23/h2-9H,1H3,(H,17,19,21). The van der Waals surface area contributed by atoms with E-state index in [2.05, 4.69) is 15.5 Å². The fraction of sp³-hybridized carbons (Fsp3) is 0.0625. The molecule has 1 aromatic heterocycles. The van der Waals surface area contributed by atoms with Crippen LogP contribution >= 0.6 is 11.8 Å². The van der Waals surface area contributed by atoms with Gasteiger partial charge in [-0.1, -0.05) is 17.2 Å². The molecule has 0 radical (unpaired) electrons. The van der Waals surface area contributed by atoms with Crippen molar-refractivity contribution in [3.05, 3.63) is 64.2 Å². The number of nitro groups is 1. The van der Waals surface area contributed by atoms with Crippen LogP contribution in [0.5, 0.6) is 0 Å². The average Bonchev–Trinajstić information content (AvgIpc) is 3.10. The quantitative estimate of drug-likeness (QED) is 0.422. The van der Waals surface area contributed by atoms with Crippen LogP contribution in [0.1, 0.15) is 10.4 Å². The van der Waals surface area contributed by atoms with Crippen molar-refractivity contribution in [1.29, 1.82) is 0 Å². The fourth-order valence-corrected chi connectivity index (χ4v) is 2.54. The molecular formula is C16H12N4O4S. The van der Waals surface area contributed by atoms with Crippen LogP contribution in [0.4, 0.5) is 11.7 Å². The number of hydrogen-bond donors (Lipinski definition) is 1. The van der Waals surface area contributed by atoms with Crippen molar-refractivity contribution < 1.29 is 14.1 Å². The Kier molecular flexibility index (Phi) is 4.75. The second kappa shape index (κ2) is 7.14. The predicted molar refractivity (Wildman–Crippen MR) is 92.6 cm³/mol. The highest BCUT2D eigenvalue weighted by molar-refractivity contribution is 7.98. The largest absolute Gasteiger partial charge is 0.403 e. The molecule has 25 heavy (non-hydrogen) atoms. The minimum atomic E-state index is -0.572. The summed E-state index contributed by atoms with van der Waals surface area (Å²) in [6.45, 7) is 0. The summed E-state index contributed by atoms with van der Waals surface area (Å²) in [5, 5.41) is 20.9. The molecule has 0 aliphatic heterocycles. The molecule has 0 saturated heterocycles. The van der Waals surface area contributed by atoms with Gasteiger partial charge in [-0.3, -0.25) is 20.2 Å². The number of rotatable bonds is 5. The van der Waals surface area contributed by atoms with Crippen molar-refractivity contribution in [1.82, 2.24) is 10.2 Å². The van der Waals surface area contributed by atoms with E-state index in [0.29, 0.717) is 0 Å². The third-order valence-corrected chi connectivity index (χ3v) is 4.01. The van der Waals surface area contributed by atoms with Crippen LogP contribution in [0.3, 0.4) is 0 Å². The molecule has 2 aromatic carbocycles. The van der Waals surface area contributed by atoms with Crippen molar-refractivity contribution in [3.8, 4) is 11.5 Å². The summed E-state index contributed by atoms with van der Waals surface area (Å²) in [6.07, 6.45) is 1.96. The van der Waals surface area contributed by atoms with Crippen molar-refractivity contribution in [2.45, 2.75) is 4.90 Å². The lowest BCUT2D eigenvalue weighted by atomic mass is 10.2. The molecule has 9 heteroatoms. The number of carbonyl (C=O) groups is 1. The van der Waals surface area contributed by atoms with Crippen LogP contribution in [-0.4, -0.2) is 27.3 Å². The molecule has 0 aliphatic rings. The first-order valence-corrected chi connectivity index (χ1v) is 8.33. The lowest BCUT2D eigenvalue weighted by Gasteiger charge is -2.01. The summed E-state index contributed by atoms with van der Waals surface area (Å²) in [5.74, 6) is -0.304. The smallest absolute Gasteiger partial charge is 0.322 e. The zero-order valence-corrected chi connectivity index (χ0v) is 13.8. The van der Waals surface area contributed by atoms with Crippen LogP contribution in [0.15, 0.2) is 57.8 Å². The summed E-state index contributed by atoms with van der Waals surface area (Å²) in [6, 6.07) is 12.8. The number of thioether (sulfide) groups is 1. The highest BCUT2D eigenvalue weighted by Crippen LogP contribution is 2.24. The van der Waals surface area contributed by atoms with E-state index in [1.54, 1.807) is 11.8 Å². The molecule has 3 rings (SSSR count). The molecule has 8 nitrogen and oxygen atoms in total. The van der Waals surface area contributed by atoms with Gasteiger partial charge in [-0.15, -0.1) is 16.9 Å². The normalized spacial score (nSPS) is 10.4. The molecule has 0 atom stereocenters. The third-order valence-electron chi connectivity index (χ3n) is 3.28. The summed E-state index contributed by atoms with van der Waals surface area (Å²) in [5.41, 5.74) is 0.682. The Labute approximate surface area is 146 Å². The maximum Gasteiger partial charge on any atom is 0.322 e. The Hall–Kier alpha value is -3.20. The number of anilines is 1. The number of benzene rings is 2. The highest BCUT2D eigenvalue weighted by atomic mass is 32.2. The minimum absolute atomic E-state index is 0.0824. The van der Waals surface area contributed by atoms with E-state index in [9.17, 15) is 14.9 Å². The lowest BCUT2D eigenvalue weighted by molar-refractivity contribution is -0.384. The Morgan fingerprint density at radius 3 is 2.76 bits per heavy atom. The van der Waals surface area contributed by atoms with Gasteiger partial charge < -0.3 is 4.42 Å². The molecule has 3 aromatic rings. The van der Waals surface area contributed by atoms with Crippen LogP contribution in [-0.2, 0) is 0 Å². The van der Waals surface area contributed by atoms with E-state index in [-0.39, 0.29) is 23.2 Å². The zero-order chi connectivity index (χ0) is 17.8. The van der Waals surface area contributed by atoms with E-state index in [1.807, 2.05) is 30.5 Å². The van der Waals surface area contributed by atoms with Gasteiger partial charge in [-0.05, 0) is 30.5 Å². The van der Waals surface area contributed by atoms with Gasteiger partial charge in [-0.2, -0.15) is 0 Å². The predicted octanol–water partition coefficient (Wildman–Crippen LogP) is 3.62. The summed E-state index contributed by atoms with van der Waals surface area (Å²) in [7, 11) is 0. The fourth-order valence-electron chi connectivity index (χ4n) is 2.08. The van der Waals surface area contributed by atoms with Gasteiger partial charge in [0, 0.05) is 28.2 Å². The first kappa shape index (κ1) is 16.7. The number of hydrogen-bond acceptors (Lipinski definition) is 7. The van der Waals surface area contributed by atoms with E-state index in [0.717, 1.165) is 10.5 Å². The summed E-state index contributed by atoms with van der Waals surface area (Å²) < 4.78 is 5.44. The maximum absolute atomic E-state index is 12.2. The summed E-state index contributed by atoms with van der Waals surface area (Å²) >= 11 is 1.58. The van der Waals surface area contributed by atoms with E-state index in [1.165, 1.54) is 24.3 Å². The topological polar surface area (TPSA) is 111 Å². The number of nitrogens with one attached hydrogen (secondary N) is 1. The van der Waals surface area contributed by atoms with Crippen molar-refractivity contribution in [2.75, 3.05) is 11.6 Å². The molecule has 0 bridgehead atoms. The van der Waals surface area contributed by atoms with Gasteiger partial charge in [0.1, 0.15) is 0 Å². The number of non-ortho nitro benzene ring substituents is 1. The van der Waals surface area contributed by atoms with Gasteiger partial charge in [-0.25, -0.2) is 0 Å². The van der Waals surface area contributed by atoms with Gasteiger partial charge in [0.05, 0.1) is 4.92 Å². The molecule has 1 amide bonds. The van der Waals surface area contributed by atoms with Gasteiger partial charge in [0.2, 0.25) is 5.89 Å². The van der Waals surface area contributed by atoms with Gasteiger partial charge in [0.15, 0.2) is 0 Å². The Bertz CT molecular complexity index is 941. The molecule has 1 heterocycles. The molecule has 0 fully saturated rings. The molecule has 0 aliphatic carbocycles. The first-order chi connectivity index (χ1) is 12.1. The monoisotopic (exact) mass is 356 g/mol. The average molecular weight is 356 g/mol. The van der Waals surface area contributed by atoms with E-state index >= 15 is 0 Å². The Balaban J connectivity index is 1.78. The van der Waals surface area contributed by atoms with Gasteiger partial charge >= 0.3 is 6.01 Å². The molecule has 0 spiro atoms. The zero-order valence-electron chi connectivity index (χ0n) is 13.0. The van der Waals surface area contributed by atoms with Gasteiger partial charge in [0.25, 0.3) is 11.6 Å². The van der Waals surface area contributed by atoms with Crippen LogP contribution in [0.25, 0.3) is 11.5 Å². The number of amides is 1. The van der Waals surface area contributed by atoms with E-state index in [4.69, 9.17) is 4.42 Å². The number of nitro benzene ring substituents is 1. The lowest BCUT2D eigenvalue weighted by Crippen LogP contribution is -2.12. The SMILES string of the molecule is CSc1cccc(-c2nnc(NC(=O)c3cccc([N+](=O)[O-])c3)o2)c1. The number of aromatic nitrogens is 2. The second-order valence-corrected chi connectivity index (χ2v) is 5.79. The van der Waals surface area contributed by atoms with Crippen molar-refractivity contribution in [2.24, 2.45) is 0 Å². The second-order valence-electron chi connectivity index (χ2n) is 4.91. The third kappa shape index (κ3) is 3.83. The molecular weight excluding hydrogens is 344 g/mol. The van der Waals surface area contributed by atoms with Crippen LogP contribution in [0, 0.1) is 10.1 Å². The number of carbonyl (C=O) groups excluding carboxylic acids is 1. The highest BCUT2D eigenvalue weighted by Gasteiger charge is 2.15. The molecule has 0 unspecified atom stereocenters. The molecule has 126 valence electrons. The molecule has 1 N–H and O–H groups in total. The number of nitrogens with zero attached hydrogens (tertiary/aromatic N) is 3. The Morgan fingerprint density at radius 2 is 2.00 bits per heavy atom. The first-order valence-electron chi connectivity index (χ1n) is 7.10.